The van der Waals surface area contributed by atoms with E-state index in [4.69, 9.17) is 4.74 Å². The summed E-state index contributed by atoms with van der Waals surface area (Å²) in [7, 11) is 0. The van der Waals surface area contributed by atoms with Gasteiger partial charge in [0.2, 0.25) is 5.90 Å². The molecule has 0 saturated heterocycles. The second-order valence-electron chi connectivity index (χ2n) is 4.72. The number of aryl methyl sites for hydroxylation is 1. The van der Waals surface area contributed by atoms with Gasteiger partial charge in [-0.25, -0.2) is 9.79 Å². The smallest absolute Gasteiger partial charge is 0.363 e. The minimum absolute atomic E-state index is 0.303. The van der Waals surface area contributed by atoms with E-state index >= 15 is 0 Å². The Kier molecular flexibility index (Phi) is 3.71. The van der Waals surface area contributed by atoms with Crippen molar-refractivity contribution in [1.82, 2.24) is 0 Å². The van der Waals surface area contributed by atoms with E-state index in [0.717, 1.165) is 21.2 Å². The Morgan fingerprint density at radius 3 is 2.52 bits per heavy atom. The van der Waals surface area contributed by atoms with Crippen molar-refractivity contribution in [1.29, 1.82) is 0 Å². The third-order valence-corrected chi connectivity index (χ3v) is 3.84. The van der Waals surface area contributed by atoms with E-state index in [1.165, 1.54) is 0 Å². The first kappa shape index (κ1) is 13.8. The predicted octanol–water partition coefficient (Wildman–Crippen LogP) is 4.10. The van der Waals surface area contributed by atoms with Crippen LogP contribution in [0.25, 0.3) is 6.08 Å². The van der Waals surface area contributed by atoms with Gasteiger partial charge in [0.15, 0.2) is 5.70 Å². The Hall–Kier alpha value is -2.20. The fourth-order valence-electron chi connectivity index (χ4n) is 1.97. The Labute approximate surface area is 131 Å². The van der Waals surface area contributed by atoms with Crippen LogP contribution in [0.1, 0.15) is 16.7 Å². The molecule has 0 radical (unpaired) electrons. The first-order valence-electron chi connectivity index (χ1n) is 6.47. The van der Waals surface area contributed by atoms with Gasteiger partial charge in [0.05, 0.1) is 0 Å². The number of halogens is 1. The van der Waals surface area contributed by atoms with Gasteiger partial charge >= 0.3 is 5.97 Å². The SMILES string of the molecule is Cc1ccc(C2=N/C(=C\c3ccccc3Br)C(=O)O2)cc1. The number of benzene rings is 2. The molecular weight excluding hydrogens is 330 g/mol. The van der Waals surface area contributed by atoms with E-state index in [1.807, 2.05) is 55.5 Å². The third-order valence-electron chi connectivity index (χ3n) is 3.12. The van der Waals surface area contributed by atoms with E-state index in [1.54, 1.807) is 6.08 Å². The zero-order chi connectivity index (χ0) is 14.8. The van der Waals surface area contributed by atoms with Crippen LogP contribution in [-0.2, 0) is 9.53 Å². The number of esters is 1. The molecule has 0 unspecified atom stereocenters. The van der Waals surface area contributed by atoms with Crippen molar-refractivity contribution in [2.45, 2.75) is 6.92 Å². The lowest BCUT2D eigenvalue weighted by Crippen LogP contribution is -2.05. The summed E-state index contributed by atoms with van der Waals surface area (Å²) in [5.74, 6) is -0.0837. The lowest BCUT2D eigenvalue weighted by Gasteiger charge is -1.99. The van der Waals surface area contributed by atoms with Gasteiger partial charge in [-0.3, -0.25) is 0 Å². The molecule has 0 fully saturated rings. The van der Waals surface area contributed by atoms with Crippen LogP contribution in [0.5, 0.6) is 0 Å². The highest BCUT2D eigenvalue weighted by Crippen LogP contribution is 2.23. The minimum Gasteiger partial charge on any atom is -0.402 e. The molecule has 0 amide bonds. The van der Waals surface area contributed by atoms with Crippen LogP contribution in [0.15, 0.2) is 63.7 Å². The maximum atomic E-state index is 11.9. The van der Waals surface area contributed by atoms with Gasteiger partial charge in [0.1, 0.15) is 0 Å². The Balaban J connectivity index is 1.96. The highest BCUT2D eigenvalue weighted by Gasteiger charge is 2.24. The van der Waals surface area contributed by atoms with Crippen LogP contribution in [0.2, 0.25) is 0 Å². The molecule has 2 aromatic carbocycles. The number of hydrogen-bond acceptors (Lipinski definition) is 3. The van der Waals surface area contributed by atoms with Gasteiger partial charge in [-0.05, 0) is 36.8 Å². The van der Waals surface area contributed by atoms with Crippen LogP contribution < -0.4 is 0 Å². The molecule has 0 spiro atoms. The number of hydrogen-bond donors (Lipinski definition) is 0. The lowest BCUT2D eigenvalue weighted by atomic mass is 10.1. The molecule has 0 saturated carbocycles. The second-order valence-corrected chi connectivity index (χ2v) is 5.58. The number of cyclic esters (lactones) is 1. The molecule has 1 aliphatic heterocycles. The van der Waals surface area contributed by atoms with Crippen molar-refractivity contribution in [3.8, 4) is 0 Å². The molecule has 3 rings (SSSR count). The number of carbonyl (C=O) groups is 1. The summed E-state index contributed by atoms with van der Waals surface area (Å²) in [6, 6.07) is 15.3. The predicted molar refractivity (Wildman–Crippen MR) is 85.9 cm³/mol. The molecule has 3 nitrogen and oxygen atoms in total. The normalized spacial score (nSPS) is 16.0. The Morgan fingerprint density at radius 1 is 1.10 bits per heavy atom. The van der Waals surface area contributed by atoms with E-state index < -0.39 is 5.97 Å². The topological polar surface area (TPSA) is 38.7 Å². The fourth-order valence-corrected chi connectivity index (χ4v) is 2.37. The quantitative estimate of drug-likeness (QED) is 0.609. The molecule has 4 heteroatoms. The largest absolute Gasteiger partial charge is 0.402 e. The summed E-state index contributed by atoms with van der Waals surface area (Å²) < 4.78 is 6.15. The summed E-state index contributed by atoms with van der Waals surface area (Å²) in [5, 5.41) is 0. The van der Waals surface area contributed by atoms with E-state index in [0.29, 0.717) is 11.6 Å². The van der Waals surface area contributed by atoms with Crippen LogP contribution in [0.4, 0.5) is 0 Å². The van der Waals surface area contributed by atoms with E-state index in [2.05, 4.69) is 20.9 Å². The summed E-state index contributed by atoms with van der Waals surface area (Å²) in [4.78, 5) is 16.2. The fraction of sp³-hybridized carbons (Fsp3) is 0.0588. The molecule has 0 aliphatic carbocycles. The summed E-state index contributed by atoms with van der Waals surface area (Å²) in [6.45, 7) is 2.00. The maximum Gasteiger partial charge on any atom is 0.363 e. The van der Waals surface area contributed by atoms with Gasteiger partial charge < -0.3 is 4.74 Å². The van der Waals surface area contributed by atoms with Crippen molar-refractivity contribution < 1.29 is 9.53 Å². The third kappa shape index (κ3) is 2.95. The van der Waals surface area contributed by atoms with Gasteiger partial charge in [-0.15, -0.1) is 0 Å². The minimum atomic E-state index is -0.429. The molecule has 0 atom stereocenters. The Bertz CT molecular complexity index is 761. The zero-order valence-electron chi connectivity index (χ0n) is 11.3. The molecule has 2 aromatic rings. The summed E-state index contributed by atoms with van der Waals surface area (Å²) in [5.41, 5.74) is 3.13. The standard InChI is InChI=1S/C17H12BrNO2/c1-11-6-8-12(9-7-11)16-19-15(17(20)21-16)10-13-4-2-3-5-14(13)18/h2-10H,1H3/b15-10-. The van der Waals surface area contributed by atoms with Crippen molar-refractivity contribution in [2.75, 3.05) is 0 Å². The van der Waals surface area contributed by atoms with Gasteiger partial charge in [0.25, 0.3) is 0 Å². The molecule has 1 heterocycles. The molecule has 1 aliphatic rings. The molecule has 0 aromatic heterocycles. The van der Waals surface area contributed by atoms with Crippen LogP contribution in [0, 0.1) is 6.92 Å². The highest BCUT2D eigenvalue weighted by atomic mass is 79.9. The second kappa shape index (κ2) is 5.66. The number of ether oxygens (including phenoxy) is 1. The van der Waals surface area contributed by atoms with Crippen molar-refractivity contribution >= 4 is 33.9 Å². The first-order valence-corrected chi connectivity index (χ1v) is 7.27. The number of rotatable bonds is 2. The lowest BCUT2D eigenvalue weighted by molar-refractivity contribution is -0.129. The summed E-state index contributed by atoms with van der Waals surface area (Å²) >= 11 is 3.45. The van der Waals surface area contributed by atoms with Crippen LogP contribution >= 0.6 is 15.9 Å². The monoisotopic (exact) mass is 341 g/mol. The Morgan fingerprint density at radius 2 is 1.81 bits per heavy atom. The van der Waals surface area contributed by atoms with Crippen molar-refractivity contribution in [3.63, 3.8) is 0 Å². The molecular formula is C17H12BrNO2. The van der Waals surface area contributed by atoms with Crippen molar-refractivity contribution in [3.05, 3.63) is 75.4 Å². The average Bonchev–Trinajstić information content (AvgIpc) is 2.83. The van der Waals surface area contributed by atoms with Crippen LogP contribution in [0.3, 0.4) is 0 Å². The van der Waals surface area contributed by atoms with Crippen molar-refractivity contribution in [2.24, 2.45) is 4.99 Å². The van der Waals surface area contributed by atoms with E-state index in [-0.39, 0.29) is 0 Å². The van der Waals surface area contributed by atoms with Crippen LogP contribution in [-0.4, -0.2) is 11.9 Å². The summed E-state index contributed by atoms with van der Waals surface area (Å²) in [6.07, 6.45) is 1.72. The first-order chi connectivity index (χ1) is 10.1. The molecule has 104 valence electrons. The maximum absolute atomic E-state index is 11.9. The molecule has 0 bridgehead atoms. The molecule has 21 heavy (non-hydrogen) atoms. The van der Waals surface area contributed by atoms with E-state index in [9.17, 15) is 4.79 Å². The number of nitrogens with zero attached hydrogens (tertiary/aromatic N) is 1. The van der Waals surface area contributed by atoms with Gasteiger partial charge in [0, 0.05) is 10.0 Å². The van der Waals surface area contributed by atoms with Gasteiger partial charge in [-0.1, -0.05) is 51.8 Å². The number of carbonyl (C=O) groups excluding carboxylic acids is 1. The number of aliphatic imine (C=N–C) groups is 1. The van der Waals surface area contributed by atoms with Gasteiger partial charge in [-0.2, -0.15) is 0 Å². The average molecular weight is 342 g/mol. The zero-order valence-corrected chi connectivity index (χ0v) is 12.9. The highest BCUT2D eigenvalue weighted by molar-refractivity contribution is 9.10. The molecule has 0 N–H and O–H groups in total.